The minimum Gasteiger partial charge on any atom is -0.311 e. The SMILES string of the molecule is CC(=O)Nc1cccc(CC(=O)Nc2nnc([C@H]3CCC[C@H](c4nnc(NC(=O)Cc5cccc(C)n5)s4)C3)s2)n1. The third-order valence-corrected chi connectivity index (χ3v) is 8.49. The normalized spacial score (nSPS) is 16.6. The Labute approximate surface area is 244 Å². The van der Waals surface area contributed by atoms with Gasteiger partial charge in [0, 0.05) is 30.1 Å². The molecule has 1 aliphatic carbocycles. The molecular formula is C27H29N9O3S2. The number of aryl methyl sites for hydroxylation is 1. The second kappa shape index (κ2) is 13.0. The van der Waals surface area contributed by atoms with Gasteiger partial charge in [-0.3, -0.25) is 19.4 Å². The Balaban J connectivity index is 1.14. The zero-order valence-corrected chi connectivity index (χ0v) is 24.2. The Morgan fingerprint density at radius 3 is 1.90 bits per heavy atom. The number of carbonyl (C=O) groups is 3. The van der Waals surface area contributed by atoms with Gasteiger partial charge in [-0.1, -0.05) is 41.2 Å². The molecule has 5 rings (SSSR count). The molecule has 1 saturated carbocycles. The lowest BCUT2D eigenvalue weighted by Crippen LogP contribution is -2.16. The maximum atomic E-state index is 12.6. The number of rotatable bonds is 9. The van der Waals surface area contributed by atoms with Crippen LogP contribution in [0.4, 0.5) is 16.1 Å². The van der Waals surface area contributed by atoms with Crippen molar-refractivity contribution >= 4 is 56.5 Å². The summed E-state index contributed by atoms with van der Waals surface area (Å²) in [6.07, 6.45) is 4.04. The third kappa shape index (κ3) is 7.95. The van der Waals surface area contributed by atoms with Crippen molar-refractivity contribution in [3.63, 3.8) is 0 Å². The van der Waals surface area contributed by atoms with Gasteiger partial charge in [0.2, 0.25) is 28.0 Å². The van der Waals surface area contributed by atoms with Crippen LogP contribution in [-0.2, 0) is 27.2 Å². The van der Waals surface area contributed by atoms with Crippen molar-refractivity contribution in [2.45, 2.75) is 64.2 Å². The fraction of sp³-hybridized carbons (Fsp3) is 0.370. The molecular weight excluding hydrogens is 562 g/mol. The van der Waals surface area contributed by atoms with Crippen LogP contribution < -0.4 is 16.0 Å². The number of pyridine rings is 2. The lowest BCUT2D eigenvalue weighted by Gasteiger charge is -2.25. The summed E-state index contributed by atoms with van der Waals surface area (Å²) in [5.74, 6) is 0.143. The Morgan fingerprint density at radius 2 is 1.34 bits per heavy atom. The summed E-state index contributed by atoms with van der Waals surface area (Å²) in [4.78, 5) is 45.0. The van der Waals surface area contributed by atoms with Crippen LogP contribution in [0.25, 0.3) is 0 Å². The Bertz CT molecular complexity index is 1550. The summed E-state index contributed by atoms with van der Waals surface area (Å²) in [5, 5.41) is 28.1. The van der Waals surface area contributed by atoms with Crippen LogP contribution >= 0.6 is 22.7 Å². The van der Waals surface area contributed by atoms with Gasteiger partial charge in [0.15, 0.2) is 0 Å². The molecule has 3 N–H and O–H groups in total. The zero-order chi connectivity index (χ0) is 28.8. The van der Waals surface area contributed by atoms with Crippen molar-refractivity contribution in [1.29, 1.82) is 0 Å². The van der Waals surface area contributed by atoms with Gasteiger partial charge in [-0.05, 0) is 50.5 Å². The molecule has 3 amide bonds. The molecule has 0 unspecified atom stereocenters. The van der Waals surface area contributed by atoms with E-state index in [1.165, 1.54) is 29.6 Å². The first kappa shape index (κ1) is 28.4. The molecule has 4 aromatic heterocycles. The molecule has 0 aromatic carbocycles. The van der Waals surface area contributed by atoms with Crippen molar-refractivity contribution in [3.8, 4) is 0 Å². The highest BCUT2D eigenvalue weighted by Gasteiger charge is 2.29. The van der Waals surface area contributed by atoms with E-state index in [4.69, 9.17) is 0 Å². The van der Waals surface area contributed by atoms with E-state index in [2.05, 4.69) is 46.3 Å². The summed E-state index contributed by atoms with van der Waals surface area (Å²) in [7, 11) is 0. The monoisotopic (exact) mass is 591 g/mol. The van der Waals surface area contributed by atoms with Crippen LogP contribution in [0.2, 0.25) is 0 Å². The van der Waals surface area contributed by atoms with E-state index in [-0.39, 0.29) is 42.4 Å². The van der Waals surface area contributed by atoms with Gasteiger partial charge < -0.3 is 16.0 Å². The molecule has 12 nitrogen and oxygen atoms in total. The average molecular weight is 592 g/mol. The number of nitrogens with one attached hydrogen (secondary N) is 3. The molecule has 4 aromatic rings. The molecule has 4 heterocycles. The second-order valence-electron chi connectivity index (χ2n) is 9.87. The van der Waals surface area contributed by atoms with E-state index in [0.29, 0.717) is 27.5 Å². The lowest BCUT2D eigenvalue weighted by molar-refractivity contribution is -0.116. The van der Waals surface area contributed by atoms with Crippen LogP contribution in [0, 0.1) is 6.92 Å². The first-order chi connectivity index (χ1) is 19.8. The van der Waals surface area contributed by atoms with Crippen molar-refractivity contribution in [2.24, 2.45) is 0 Å². The predicted molar refractivity (Wildman–Crippen MR) is 156 cm³/mol. The van der Waals surface area contributed by atoms with Gasteiger partial charge in [0.05, 0.1) is 18.5 Å². The molecule has 0 bridgehead atoms. The standard InChI is InChI=1S/C27H29N9O3S2/c1-15-6-3-9-19(28-15)13-22(38)31-26-35-33-24(40-26)17-7-4-8-18(12-17)25-34-36-27(41-25)32-23(39)14-20-10-5-11-21(30-20)29-16(2)37/h3,5-6,9-11,17-18H,4,7-8,12-14H2,1-2H3,(H,29,30,37)(H,31,35,38)(H,32,36,39)/t17-,18-/m0/s1. The summed E-state index contributed by atoms with van der Waals surface area (Å²) in [6.45, 7) is 3.30. The number of aromatic nitrogens is 6. The number of nitrogens with zero attached hydrogens (tertiary/aromatic N) is 6. The maximum Gasteiger partial charge on any atom is 0.232 e. The van der Waals surface area contributed by atoms with Crippen LogP contribution in [0.1, 0.15) is 71.5 Å². The van der Waals surface area contributed by atoms with Crippen LogP contribution in [0.5, 0.6) is 0 Å². The number of carbonyl (C=O) groups excluding carboxylic acids is 3. The van der Waals surface area contributed by atoms with E-state index in [1.54, 1.807) is 18.2 Å². The topological polar surface area (TPSA) is 165 Å². The van der Waals surface area contributed by atoms with Gasteiger partial charge >= 0.3 is 0 Å². The van der Waals surface area contributed by atoms with Crippen molar-refractivity contribution in [3.05, 3.63) is 63.5 Å². The van der Waals surface area contributed by atoms with Crippen molar-refractivity contribution in [2.75, 3.05) is 16.0 Å². The van der Waals surface area contributed by atoms with Crippen molar-refractivity contribution in [1.82, 2.24) is 30.4 Å². The zero-order valence-electron chi connectivity index (χ0n) is 22.6. The van der Waals surface area contributed by atoms with E-state index < -0.39 is 0 Å². The Morgan fingerprint density at radius 1 is 0.780 bits per heavy atom. The Hall–Kier alpha value is -4.17. The number of anilines is 3. The molecule has 2 atom stereocenters. The van der Waals surface area contributed by atoms with Gasteiger partial charge in [0.1, 0.15) is 15.8 Å². The fourth-order valence-corrected chi connectivity index (χ4v) is 6.53. The summed E-state index contributed by atoms with van der Waals surface area (Å²) >= 11 is 2.78. The molecule has 0 saturated heterocycles. The minimum absolute atomic E-state index is 0.0469. The maximum absolute atomic E-state index is 12.6. The fourth-order valence-electron chi connectivity index (χ4n) is 4.72. The van der Waals surface area contributed by atoms with Gasteiger partial charge in [0.25, 0.3) is 0 Å². The van der Waals surface area contributed by atoms with Crippen LogP contribution in [-0.4, -0.2) is 48.1 Å². The van der Waals surface area contributed by atoms with E-state index in [0.717, 1.165) is 41.4 Å². The molecule has 0 aliphatic heterocycles. The minimum atomic E-state index is -0.261. The quantitative estimate of drug-likeness (QED) is 0.258. The molecule has 0 spiro atoms. The van der Waals surface area contributed by atoms with Gasteiger partial charge in [-0.25, -0.2) is 4.98 Å². The summed E-state index contributed by atoms with van der Waals surface area (Å²) in [6, 6.07) is 10.7. The molecule has 41 heavy (non-hydrogen) atoms. The molecule has 14 heteroatoms. The van der Waals surface area contributed by atoms with Crippen LogP contribution in [0.15, 0.2) is 36.4 Å². The first-order valence-corrected chi connectivity index (χ1v) is 14.9. The number of amides is 3. The molecule has 0 radical (unpaired) electrons. The summed E-state index contributed by atoms with van der Waals surface area (Å²) in [5.41, 5.74) is 2.11. The molecule has 212 valence electrons. The largest absolute Gasteiger partial charge is 0.311 e. The molecule has 1 fully saturated rings. The highest BCUT2D eigenvalue weighted by molar-refractivity contribution is 7.15. The average Bonchev–Trinajstić information content (AvgIpc) is 3.58. The molecule has 1 aliphatic rings. The third-order valence-electron chi connectivity index (χ3n) is 6.49. The summed E-state index contributed by atoms with van der Waals surface area (Å²) < 4.78 is 0. The number of hydrogen-bond acceptors (Lipinski definition) is 11. The highest BCUT2D eigenvalue weighted by atomic mass is 32.1. The number of hydrogen-bond donors (Lipinski definition) is 3. The Kier molecular flexibility index (Phi) is 8.99. The predicted octanol–water partition coefficient (Wildman–Crippen LogP) is 4.25. The van der Waals surface area contributed by atoms with Crippen molar-refractivity contribution < 1.29 is 14.4 Å². The highest BCUT2D eigenvalue weighted by Crippen LogP contribution is 2.43. The first-order valence-electron chi connectivity index (χ1n) is 13.2. The van der Waals surface area contributed by atoms with E-state index in [1.807, 2.05) is 25.1 Å². The second-order valence-corrected chi connectivity index (χ2v) is 11.9. The lowest BCUT2D eigenvalue weighted by atomic mass is 9.82. The van der Waals surface area contributed by atoms with Crippen LogP contribution in [0.3, 0.4) is 0 Å². The van der Waals surface area contributed by atoms with E-state index in [9.17, 15) is 14.4 Å². The van der Waals surface area contributed by atoms with Gasteiger partial charge in [-0.2, -0.15) is 0 Å². The van der Waals surface area contributed by atoms with Gasteiger partial charge in [-0.15, -0.1) is 20.4 Å². The van der Waals surface area contributed by atoms with E-state index >= 15 is 0 Å². The smallest absolute Gasteiger partial charge is 0.232 e.